The summed E-state index contributed by atoms with van der Waals surface area (Å²) in [5, 5.41) is 2.56. The summed E-state index contributed by atoms with van der Waals surface area (Å²) in [5.41, 5.74) is 20.4. The molecule has 4 fully saturated rings. The SMILES string of the molecule is CC1(C)c2ccccc2-c2ccc(N(c3ccc(-c4cccc5ccccc45)cc3)c3ccc4c(c3)-c3ccc(-c5ccccc5)cc3C43C4CC5CC(C4)CC3C5)cc21. The van der Waals surface area contributed by atoms with Crippen LogP contribution in [0, 0.1) is 23.7 Å². The van der Waals surface area contributed by atoms with Crippen LogP contribution >= 0.6 is 0 Å². The fraction of sp³-hybridized carbons (Fsp3) is 0.220. The molecule has 0 aromatic heterocycles. The second-order valence-electron chi connectivity index (χ2n) is 19.3. The topological polar surface area (TPSA) is 3.24 Å². The van der Waals surface area contributed by atoms with Crippen molar-refractivity contribution in [1.29, 1.82) is 0 Å². The number of rotatable bonds is 5. The highest BCUT2D eigenvalue weighted by Gasteiger charge is 2.61. The molecule has 0 N–H and O–H groups in total. The molecule has 0 heterocycles. The zero-order chi connectivity index (χ0) is 39.7. The lowest BCUT2D eigenvalue weighted by Gasteiger charge is -2.61. The Balaban J connectivity index is 0.996. The van der Waals surface area contributed by atoms with Crippen LogP contribution in [0.2, 0.25) is 0 Å². The summed E-state index contributed by atoms with van der Waals surface area (Å²) in [6.45, 7) is 4.79. The Morgan fingerprint density at radius 2 is 0.983 bits per heavy atom. The van der Waals surface area contributed by atoms with Gasteiger partial charge in [-0.25, -0.2) is 0 Å². The van der Waals surface area contributed by atoms with Gasteiger partial charge in [0.15, 0.2) is 0 Å². The van der Waals surface area contributed by atoms with E-state index in [2.05, 4.69) is 195 Å². The molecule has 0 saturated heterocycles. The Labute approximate surface area is 354 Å². The van der Waals surface area contributed by atoms with Gasteiger partial charge < -0.3 is 4.90 Å². The van der Waals surface area contributed by atoms with E-state index in [9.17, 15) is 0 Å². The van der Waals surface area contributed by atoms with E-state index in [-0.39, 0.29) is 10.8 Å². The summed E-state index contributed by atoms with van der Waals surface area (Å²) in [4.78, 5) is 2.53. The van der Waals surface area contributed by atoms with Crippen LogP contribution in [-0.2, 0) is 10.8 Å². The third-order valence-corrected chi connectivity index (χ3v) is 16.0. The summed E-state index contributed by atoms with van der Waals surface area (Å²) < 4.78 is 0. The molecule has 1 heteroatoms. The molecule has 0 aliphatic heterocycles. The second kappa shape index (κ2) is 12.7. The number of nitrogens with zero attached hydrogens (tertiary/aromatic N) is 1. The van der Waals surface area contributed by atoms with E-state index in [1.54, 1.807) is 11.1 Å². The first-order valence-electron chi connectivity index (χ1n) is 22.4. The van der Waals surface area contributed by atoms with Gasteiger partial charge >= 0.3 is 0 Å². The lowest BCUT2D eigenvalue weighted by Crippen LogP contribution is -2.55. The van der Waals surface area contributed by atoms with Crippen molar-refractivity contribution >= 4 is 27.8 Å². The van der Waals surface area contributed by atoms with Crippen LogP contribution in [0.3, 0.4) is 0 Å². The first kappa shape index (κ1) is 34.7. The lowest BCUT2D eigenvalue weighted by molar-refractivity contribution is -0.0399. The van der Waals surface area contributed by atoms with Crippen LogP contribution in [0.4, 0.5) is 17.1 Å². The second-order valence-corrected chi connectivity index (χ2v) is 19.3. The van der Waals surface area contributed by atoms with Gasteiger partial charge in [-0.3, -0.25) is 0 Å². The third-order valence-electron chi connectivity index (χ3n) is 16.0. The van der Waals surface area contributed by atoms with E-state index in [4.69, 9.17) is 0 Å². The van der Waals surface area contributed by atoms with E-state index < -0.39 is 0 Å². The minimum atomic E-state index is -0.0922. The number of fused-ring (bicyclic) bond motifs is 7. The number of hydrogen-bond donors (Lipinski definition) is 0. The molecule has 4 bridgehead atoms. The Bertz CT molecular complexity index is 2990. The largest absolute Gasteiger partial charge is 0.310 e. The molecular weight excluding hydrogens is 723 g/mol. The molecule has 8 aromatic rings. The zero-order valence-electron chi connectivity index (χ0n) is 34.5. The summed E-state index contributed by atoms with van der Waals surface area (Å²) in [6, 6.07) is 67.2. The van der Waals surface area contributed by atoms with E-state index in [1.165, 1.54) is 116 Å². The Morgan fingerprint density at radius 3 is 1.80 bits per heavy atom. The van der Waals surface area contributed by atoms with Gasteiger partial charge in [-0.15, -0.1) is 0 Å². The van der Waals surface area contributed by atoms with Crippen molar-refractivity contribution in [1.82, 2.24) is 0 Å². The molecule has 6 aliphatic carbocycles. The Kier molecular flexibility index (Phi) is 7.32. The van der Waals surface area contributed by atoms with Crippen molar-refractivity contribution in [3.05, 3.63) is 198 Å². The highest BCUT2D eigenvalue weighted by molar-refractivity contribution is 5.97. The number of hydrogen-bond acceptors (Lipinski definition) is 1. The smallest absolute Gasteiger partial charge is 0.0468 e. The summed E-state index contributed by atoms with van der Waals surface area (Å²) in [5.74, 6) is 3.24. The van der Waals surface area contributed by atoms with Crippen molar-refractivity contribution < 1.29 is 0 Å². The third kappa shape index (κ3) is 4.81. The van der Waals surface area contributed by atoms with Crippen LogP contribution < -0.4 is 4.90 Å². The monoisotopic (exact) mass is 771 g/mol. The minimum Gasteiger partial charge on any atom is -0.310 e. The van der Waals surface area contributed by atoms with E-state index in [1.807, 2.05) is 0 Å². The van der Waals surface area contributed by atoms with Crippen molar-refractivity contribution in [3.63, 3.8) is 0 Å². The average Bonchev–Trinajstić information content (AvgIpc) is 3.70. The molecule has 0 unspecified atom stereocenters. The van der Waals surface area contributed by atoms with Crippen molar-refractivity contribution in [3.8, 4) is 44.5 Å². The van der Waals surface area contributed by atoms with Gasteiger partial charge in [0.25, 0.3) is 0 Å². The average molecular weight is 772 g/mol. The van der Waals surface area contributed by atoms with E-state index in [0.29, 0.717) is 11.8 Å². The molecule has 1 spiro atoms. The molecular formula is C59H49N. The molecule has 1 nitrogen and oxygen atoms in total. The lowest BCUT2D eigenvalue weighted by atomic mass is 9.43. The van der Waals surface area contributed by atoms with E-state index >= 15 is 0 Å². The predicted molar refractivity (Wildman–Crippen MR) is 250 cm³/mol. The van der Waals surface area contributed by atoms with Crippen molar-refractivity contribution in [2.45, 2.75) is 56.8 Å². The first-order chi connectivity index (χ1) is 29.4. The molecule has 0 amide bonds. The summed E-state index contributed by atoms with van der Waals surface area (Å²) in [6.07, 6.45) is 6.98. The van der Waals surface area contributed by atoms with Gasteiger partial charge in [-0.05, 0) is 176 Å². The van der Waals surface area contributed by atoms with Gasteiger partial charge in [0, 0.05) is 27.9 Å². The highest BCUT2D eigenvalue weighted by atomic mass is 15.1. The minimum absolute atomic E-state index is 0.0922. The highest BCUT2D eigenvalue weighted by Crippen LogP contribution is 2.70. The molecule has 14 rings (SSSR count). The van der Waals surface area contributed by atoms with E-state index in [0.717, 1.165) is 11.8 Å². The molecule has 8 aromatic carbocycles. The zero-order valence-corrected chi connectivity index (χ0v) is 34.5. The van der Waals surface area contributed by atoms with Crippen LogP contribution in [0.25, 0.3) is 55.3 Å². The van der Waals surface area contributed by atoms with Crippen LogP contribution in [0.15, 0.2) is 176 Å². The van der Waals surface area contributed by atoms with Crippen LogP contribution in [0.5, 0.6) is 0 Å². The van der Waals surface area contributed by atoms with Crippen LogP contribution in [-0.4, -0.2) is 0 Å². The molecule has 6 aliphatic rings. The first-order valence-corrected chi connectivity index (χ1v) is 22.4. The summed E-state index contributed by atoms with van der Waals surface area (Å²) in [7, 11) is 0. The normalized spacial score (nSPS) is 23.4. The number of anilines is 3. The van der Waals surface area contributed by atoms with Gasteiger partial charge in [-0.2, -0.15) is 0 Å². The van der Waals surface area contributed by atoms with Gasteiger partial charge in [0.05, 0.1) is 0 Å². The summed E-state index contributed by atoms with van der Waals surface area (Å²) >= 11 is 0. The standard InChI is InChI=1S/C59H49N/c1-58(2)54-18-9-8-16-50(54)51-27-24-47(36-56(51)58)60(45-22-19-41(20-23-45)49-17-10-14-40-13-6-7-15-48(40)49)46-25-28-55-53(35-46)52-26-21-42(39-11-4-3-5-12-39)34-57(52)59(55)43-30-37-29-38(32-43)33-44(59)31-37/h3-28,34-38,43-44H,29-33H2,1-2H3. The maximum atomic E-state index is 2.62. The Morgan fingerprint density at radius 1 is 0.383 bits per heavy atom. The molecule has 290 valence electrons. The van der Waals surface area contributed by atoms with Crippen molar-refractivity contribution in [2.75, 3.05) is 4.90 Å². The quantitative estimate of drug-likeness (QED) is 0.168. The van der Waals surface area contributed by atoms with Crippen LogP contribution in [0.1, 0.15) is 68.2 Å². The molecule has 0 atom stereocenters. The Hall–Kier alpha value is -6.18. The number of benzene rings is 8. The van der Waals surface area contributed by atoms with Gasteiger partial charge in [-0.1, -0.05) is 147 Å². The van der Waals surface area contributed by atoms with Crippen molar-refractivity contribution in [2.24, 2.45) is 23.7 Å². The fourth-order valence-electron chi connectivity index (χ4n) is 13.7. The fourth-order valence-corrected chi connectivity index (χ4v) is 13.7. The maximum absolute atomic E-state index is 2.62. The molecule has 60 heavy (non-hydrogen) atoms. The maximum Gasteiger partial charge on any atom is 0.0468 e. The predicted octanol–water partition coefficient (Wildman–Crippen LogP) is 15.7. The molecule has 4 saturated carbocycles. The van der Waals surface area contributed by atoms with Gasteiger partial charge in [0.1, 0.15) is 0 Å². The molecule has 0 radical (unpaired) electrons. The van der Waals surface area contributed by atoms with Gasteiger partial charge in [0.2, 0.25) is 0 Å².